The summed E-state index contributed by atoms with van der Waals surface area (Å²) in [4.78, 5) is 11.3. The van der Waals surface area contributed by atoms with Crippen LogP contribution in [-0.4, -0.2) is 26.4 Å². The molecule has 0 spiro atoms. The minimum atomic E-state index is 0.232. The van der Waals surface area contributed by atoms with Gasteiger partial charge in [0.15, 0.2) is 6.61 Å². The highest BCUT2D eigenvalue weighted by atomic mass is 16.5. The Balaban J connectivity index is 1.89. The first-order chi connectivity index (χ1) is 8.78. The van der Waals surface area contributed by atoms with Gasteiger partial charge < -0.3 is 4.74 Å². The van der Waals surface area contributed by atoms with E-state index in [1.165, 1.54) is 0 Å². The van der Waals surface area contributed by atoms with Crippen molar-refractivity contribution in [1.82, 2.24) is 20.6 Å². The molecule has 0 fully saturated rings. The molecule has 6 heteroatoms. The number of nitrogens with zero attached hydrogens (tertiary/aromatic N) is 3. The lowest BCUT2D eigenvalue weighted by Crippen LogP contribution is -2.01. The molecule has 1 heterocycles. The van der Waals surface area contributed by atoms with Gasteiger partial charge >= 0.3 is 0 Å². The SMILES string of the molecule is CCC(=O)Cc1ccc(OCc2nn[nH]n2)cc1. The van der Waals surface area contributed by atoms with E-state index in [2.05, 4.69) is 20.6 Å². The molecule has 1 N–H and O–H groups in total. The van der Waals surface area contributed by atoms with Crippen LogP contribution in [0.3, 0.4) is 0 Å². The molecule has 0 saturated carbocycles. The van der Waals surface area contributed by atoms with Gasteiger partial charge in [0.25, 0.3) is 0 Å². The van der Waals surface area contributed by atoms with Gasteiger partial charge in [-0.1, -0.05) is 24.3 Å². The van der Waals surface area contributed by atoms with Crippen molar-refractivity contribution in [3.8, 4) is 5.75 Å². The molecular weight excluding hydrogens is 232 g/mol. The molecule has 6 nitrogen and oxygen atoms in total. The van der Waals surface area contributed by atoms with Crippen LogP contribution < -0.4 is 4.74 Å². The maximum absolute atomic E-state index is 11.3. The van der Waals surface area contributed by atoms with Crippen molar-refractivity contribution >= 4 is 5.78 Å². The molecule has 0 radical (unpaired) electrons. The van der Waals surface area contributed by atoms with Crippen LogP contribution in [0.2, 0.25) is 0 Å². The summed E-state index contributed by atoms with van der Waals surface area (Å²) in [6.45, 7) is 2.13. The highest BCUT2D eigenvalue weighted by molar-refractivity contribution is 5.80. The number of benzene rings is 1. The van der Waals surface area contributed by atoms with E-state index in [4.69, 9.17) is 4.74 Å². The van der Waals surface area contributed by atoms with E-state index in [0.29, 0.717) is 24.4 Å². The molecule has 0 aliphatic carbocycles. The van der Waals surface area contributed by atoms with Crippen molar-refractivity contribution in [2.75, 3.05) is 0 Å². The number of ether oxygens (including phenoxy) is 1. The Morgan fingerprint density at radius 2 is 2.11 bits per heavy atom. The standard InChI is InChI=1S/C12H14N4O2/c1-2-10(17)7-9-3-5-11(6-4-9)18-8-12-13-15-16-14-12/h3-6H,2,7-8H2,1H3,(H,13,14,15,16). The van der Waals surface area contributed by atoms with Crippen molar-refractivity contribution < 1.29 is 9.53 Å². The fraction of sp³-hybridized carbons (Fsp3) is 0.333. The summed E-state index contributed by atoms with van der Waals surface area (Å²) >= 11 is 0. The van der Waals surface area contributed by atoms with Gasteiger partial charge in [0.2, 0.25) is 5.82 Å². The Hall–Kier alpha value is -2.24. The lowest BCUT2D eigenvalue weighted by molar-refractivity contribution is -0.118. The molecule has 0 unspecified atom stereocenters. The maximum atomic E-state index is 11.3. The number of aromatic nitrogens is 4. The van der Waals surface area contributed by atoms with E-state index in [1.54, 1.807) is 0 Å². The monoisotopic (exact) mass is 246 g/mol. The summed E-state index contributed by atoms with van der Waals surface area (Å²) in [5, 5.41) is 13.4. The molecule has 0 aliphatic rings. The largest absolute Gasteiger partial charge is 0.485 e. The van der Waals surface area contributed by atoms with Gasteiger partial charge in [0.05, 0.1) is 0 Å². The van der Waals surface area contributed by atoms with Crippen LogP contribution in [0.5, 0.6) is 5.75 Å². The molecule has 1 aromatic carbocycles. The molecule has 0 amide bonds. The van der Waals surface area contributed by atoms with E-state index in [0.717, 1.165) is 5.56 Å². The van der Waals surface area contributed by atoms with Gasteiger partial charge in [-0.25, -0.2) is 0 Å². The lowest BCUT2D eigenvalue weighted by Gasteiger charge is -2.04. The summed E-state index contributed by atoms with van der Waals surface area (Å²) in [7, 11) is 0. The number of hydrogen-bond acceptors (Lipinski definition) is 5. The zero-order chi connectivity index (χ0) is 12.8. The summed E-state index contributed by atoms with van der Waals surface area (Å²) in [5.41, 5.74) is 0.994. The maximum Gasteiger partial charge on any atom is 0.211 e. The highest BCUT2D eigenvalue weighted by Crippen LogP contribution is 2.14. The molecule has 0 bridgehead atoms. The van der Waals surface area contributed by atoms with Gasteiger partial charge in [-0.2, -0.15) is 5.21 Å². The normalized spacial score (nSPS) is 10.3. The predicted octanol–water partition coefficient (Wildman–Crippen LogP) is 1.30. The third-order valence-corrected chi connectivity index (χ3v) is 2.48. The van der Waals surface area contributed by atoms with Crippen molar-refractivity contribution in [2.24, 2.45) is 0 Å². The third kappa shape index (κ3) is 3.38. The Labute approximate surface area is 104 Å². The van der Waals surface area contributed by atoms with E-state index in [9.17, 15) is 4.79 Å². The number of carbonyl (C=O) groups is 1. The number of rotatable bonds is 6. The Morgan fingerprint density at radius 1 is 1.33 bits per heavy atom. The lowest BCUT2D eigenvalue weighted by atomic mass is 10.1. The second-order valence-corrected chi connectivity index (χ2v) is 3.83. The average molecular weight is 246 g/mol. The highest BCUT2D eigenvalue weighted by Gasteiger charge is 2.02. The second kappa shape index (κ2) is 5.90. The molecule has 2 rings (SSSR count). The molecule has 1 aromatic heterocycles. The number of ketones is 1. The number of Topliss-reactive ketones (excluding diaryl/α,β-unsaturated/α-hetero) is 1. The summed E-state index contributed by atoms with van der Waals surface area (Å²) < 4.78 is 5.47. The van der Waals surface area contributed by atoms with Gasteiger partial charge in [-0.15, -0.1) is 10.2 Å². The van der Waals surface area contributed by atoms with Crippen molar-refractivity contribution in [2.45, 2.75) is 26.4 Å². The van der Waals surface area contributed by atoms with Gasteiger partial charge in [-0.3, -0.25) is 4.79 Å². The number of hydrogen-bond donors (Lipinski definition) is 1. The van der Waals surface area contributed by atoms with E-state index < -0.39 is 0 Å². The smallest absolute Gasteiger partial charge is 0.211 e. The van der Waals surface area contributed by atoms with Crippen molar-refractivity contribution in [3.63, 3.8) is 0 Å². The fourth-order valence-electron chi connectivity index (χ4n) is 1.45. The first kappa shape index (κ1) is 12.2. The molecule has 0 atom stereocenters. The van der Waals surface area contributed by atoms with E-state index in [-0.39, 0.29) is 12.4 Å². The first-order valence-corrected chi connectivity index (χ1v) is 5.73. The van der Waals surface area contributed by atoms with Gasteiger partial charge in [0, 0.05) is 12.8 Å². The quantitative estimate of drug-likeness (QED) is 0.830. The Bertz CT molecular complexity index is 493. The molecule has 0 aliphatic heterocycles. The van der Waals surface area contributed by atoms with Crippen LogP contribution >= 0.6 is 0 Å². The van der Waals surface area contributed by atoms with Gasteiger partial charge in [0.1, 0.15) is 11.5 Å². The van der Waals surface area contributed by atoms with Crippen molar-refractivity contribution in [1.29, 1.82) is 0 Å². The van der Waals surface area contributed by atoms with Crippen LogP contribution in [0.25, 0.3) is 0 Å². The summed E-state index contributed by atoms with van der Waals surface area (Å²) in [6.07, 6.45) is 1.04. The van der Waals surface area contributed by atoms with Crippen LogP contribution in [0.4, 0.5) is 0 Å². The Kier molecular flexibility index (Phi) is 4.01. The zero-order valence-electron chi connectivity index (χ0n) is 10.1. The number of aromatic amines is 1. The number of H-pyrrole nitrogens is 1. The van der Waals surface area contributed by atoms with Crippen LogP contribution in [0.1, 0.15) is 24.7 Å². The van der Waals surface area contributed by atoms with Gasteiger partial charge in [-0.05, 0) is 17.7 Å². The van der Waals surface area contributed by atoms with E-state index >= 15 is 0 Å². The second-order valence-electron chi connectivity index (χ2n) is 3.83. The molecule has 0 saturated heterocycles. The predicted molar refractivity (Wildman–Crippen MR) is 64.0 cm³/mol. The summed E-state index contributed by atoms with van der Waals surface area (Å²) in [5.74, 6) is 1.45. The zero-order valence-corrected chi connectivity index (χ0v) is 10.1. The van der Waals surface area contributed by atoms with Crippen LogP contribution in [0.15, 0.2) is 24.3 Å². The van der Waals surface area contributed by atoms with Crippen LogP contribution in [0, 0.1) is 0 Å². The molecule has 94 valence electrons. The van der Waals surface area contributed by atoms with Crippen molar-refractivity contribution in [3.05, 3.63) is 35.7 Å². The number of tetrazole rings is 1. The topological polar surface area (TPSA) is 80.8 Å². The Morgan fingerprint density at radius 3 is 2.72 bits per heavy atom. The fourth-order valence-corrected chi connectivity index (χ4v) is 1.45. The number of carbonyl (C=O) groups excluding carboxylic acids is 1. The summed E-state index contributed by atoms with van der Waals surface area (Å²) in [6, 6.07) is 7.44. The minimum Gasteiger partial charge on any atom is -0.485 e. The first-order valence-electron chi connectivity index (χ1n) is 5.73. The molecule has 18 heavy (non-hydrogen) atoms. The van der Waals surface area contributed by atoms with E-state index in [1.807, 2.05) is 31.2 Å². The minimum absolute atomic E-state index is 0.232. The average Bonchev–Trinajstić information content (AvgIpc) is 2.91. The molecule has 2 aromatic rings. The van der Waals surface area contributed by atoms with Crippen LogP contribution in [-0.2, 0) is 17.8 Å². The number of nitrogens with one attached hydrogen (secondary N) is 1. The molecular formula is C12H14N4O2. The third-order valence-electron chi connectivity index (χ3n) is 2.48.